The Bertz CT molecular complexity index is 721. The quantitative estimate of drug-likeness (QED) is 0.848. The van der Waals surface area contributed by atoms with Gasteiger partial charge in [0.25, 0.3) is 5.91 Å². The van der Waals surface area contributed by atoms with Gasteiger partial charge in [-0.2, -0.15) is 0 Å². The van der Waals surface area contributed by atoms with E-state index in [4.69, 9.17) is 10.3 Å². The van der Waals surface area contributed by atoms with Crippen molar-refractivity contribution >= 4 is 18.3 Å². The Kier molecular flexibility index (Phi) is 7.26. The van der Waals surface area contributed by atoms with Gasteiger partial charge in [0.1, 0.15) is 5.76 Å². The third-order valence-electron chi connectivity index (χ3n) is 4.51. The van der Waals surface area contributed by atoms with Gasteiger partial charge in [-0.05, 0) is 39.2 Å². The van der Waals surface area contributed by atoms with Crippen LogP contribution >= 0.6 is 12.4 Å². The minimum atomic E-state index is 0. The molecule has 0 aliphatic rings. The molecule has 2 aromatic heterocycles. The SMILES string of the molecule is Cc1cc(-n2c(C)cc(C(=O)N(C)CCC(N)C(C)C)c2C)no1.Cl. The molecule has 2 heterocycles. The molecule has 2 aromatic rings. The summed E-state index contributed by atoms with van der Waals surface area (Å²) in [7, 11) is 1.82. The third-order valence-corrected chi connectivity index (χ3v) is 4.51. The topological polar surface area (TPSA) is 77.3 Å². The van der Waals surface area contributed by atoms with E-state index in [1.54, 1.807) is 4.90 Å². The monoisotopic (exact) mass is 368 g/mol. The number of carbonyl (C=O) groups excluding carboxylic acids is 1. The zero-order valence-electron chi connectivity index (χ0n) is 15.9. The van der Waals surface area contributed by atoms with E-state index in [1.807, 2.05) is 44.5 Å². The van der Waals surface area contributed by atoms with E-state index < -0.39 is 0 Å². The lowest BCUT2D eigenvalue weighted by Crippen LogP contribution is -2.34. The molecule has 0 bridgehead atoms. The first-order valence-corrected chi connectivity index (χ1v) is 8.36. The van der Waals surface area contributed by atoms with E-state index in [0.29, 0.717) is 23.8 Å². The molecule has 25 heavy (non-hydrogen) atoms. The molecule has 0 saturated carbocycles. The van der Waals surface area contributed by atoms with E-state index in [2.05, 4.69) is 19.0 Å². The predicted octanol–water partition coefficient (Wildman–Crippen LogP) is 3.26. The molecule has 0 fully saturated rings. The lowest BCUT2D eigenvalue weighted by molar-refractivity contribution is 0.0788. The maximum Gasteiger partial charge on any atom is 0.255 e. The van der Waals surface area contributed by atoms with Crippen molar-refractivity contribution in [2.24, 2.45) is 11.7 Å². The van der Waals surface area contributed by atoms with Gasteiger partial charge in [0.05, 0.1) is 5.56 Å². The molecule has 1 unspecified atom stereocenters. The number of rotatable bonds is 6. The van der Waals surface area contributed by atoms with Crippen LogP contribution in [-0.4, -0.2) is 40.2 Å². The number of aryl methyl sites for hydroxylation is 2. The molecule has 1 atom stereocenters. The standard InChI is InChI=1S/C18H28N4O2.ClH/c1-11(2)16(19)7-8-21(6)18(23)15-9-12(3)22(14(15)5)17-10-13(4)24-20-17;/h9-11,16H,7-8,19H2,1-6H3;1H. The van der Waals surface area contributed by atoms with Gasteiger partial charge in [-0.3, -0.25) is 9.36 Å². The average molecular weight is 369 g/mol. The molecular weight excluding hydrogens is 340 g/mol. The van der Waals surface area contributed by atoms with Crippen molar-refractivity contribution in [2.45, 2.75) is 47.1 Å². The van der Waals surface area contributed by atoms with Crippen LogP contribution < -0.4 is 5.73 Å². The first kappa shape index (κ1) is 21.3. The van der Waals surface area contributed by atoms with E-state index in [0.717, 1.165) is 23.6 Å². The second kappa shape index (κ2) is 8.54. The summed E-state index contributed by atoms with van der Waals surface area (Å²) in [5, 5.41) is 4.05. The maximum atomic E-state index is 12.8. The highest BCUT2D eigenvalue weighted by Gasteiger charge is 2.21. The molecule has 140 valence electrons. The van der Waals surface area contributed by atoms with E-state index in [1.165, 1.54) is 0 Å². The van der Waals surface area contributed by atoms with Gasteiger partial charge in [-0.25, -0.2) is 0 Å². The zero-order valence-corrected chi connectivity index (χ0v) is 16.7. The first-order chi connectivity index (χ1) is 11.2. The number of nitrogens with zero attached hydrogens (tertiary/aromatic N) is 3. The third kappa shape index (κ3) is 4.64. The smallest absolute Gasteiger partial charge is 0.255 e. The van der Waals surface area contributed by atoms with Crippen LogP contribution in [-0.2, 0) is 0 Å². The van der Waals surface area contributed by atoms with E-state index in [9.17, 15) is 4.79 Å². The number of hydrogen-bond acceptors (Lipinski definition) is 4. The van der Waals surface area contributed by atoms with Crippen LogP contribution in [0.2, 0.25) is 0 Å². The van der Waals surface area contributed by atoms with Crippen molar-refractivity contribution < 1.29 is 9.32 Å². The highest BCUT2D eigenvalue weighted by molar-refractivity contribution is 5.95. The number of nitrogens with two attached hydrogens (primary N) is 1. The maximum absolute atomic E-state index is 12.8. The molecule has 2 N–H and O–H groups in total. The van der Waals surface area contributed by atoms with E-state index in [-0.39, 0.29) is 24.4 Å². The molecular formula is C18H29ClN4O2. The van der Waals surface area contributed by atoms with Crippen LogP contribution in [0.15, 0.2) is 16.7 Å². The van der Waals surface area contributed by atoms with Gasteiger partial charge in [0.15, 0.2) is 5.82 Å². The van der Waals surface area contributed by atoms with Crippen molar-refractivity contribution in [2.75, 3.05) is 13.6 Å². The summed E-state index contributed by atoms with van der Waals surface area (Å²) in [6.45, 7) is 10.6. The summed E-state index contributed by atoms with van der Waals surface area (Å²) in [5.41, 5.74) is 8.59. The molecule has 6 nitrogen and oxygen atoms in total. The minimum absolute atomic E-state index is 0. The van der Waals surface area contributed by atoms with Crippen LogP contribution in [0.3, 0.4) is 0 Å². The normalized spacial score (nSPS) is 12.2. The van der Waals surface area contributed by atoms with Crippen LogP contribution in [0.5, 0.6) is 0 Å². The molecule has 0 radical (unpaired) electrons. The number of aromatic nitrogens is 2. The molecule has 7 heteroatoms. The molecule has 0 aliphatic heterocycles. The lowest BCUT2D eigenvalue weighted by Gasteiger charge is -2.21. The Morgan fingerprint density at radius 2 is 1.96 bits per heavy atom. The Hall–Kier alpha value is -1.79. The summed E-state index contributed by atoms with van der Waals surface area (Å²) in [6.07, 6.45) is 0.793. The number of carbonyl (C=O) groups is 1. The average Bonchev–Trinajstić information content (AvgIpc) is 3.06. The number of amides is 1. The Morgan fingerprint density at radius 1 is 1.32 bits per heavy atom. The van der Waals surface area contributed by atoms with Gasteiger partial charge in [0, 0.05) is 37.1 Å². The largest absolute Gasteiger partial charge is 0.360 e. The summed E-state index contributed by atoms with van der Waals surface area (Å²) in [6, 6.07) is 3.87. The Labute approximate surface area is 155 Å². The summed E-state index contributed by atoms with van der Waals surface area (Å²) >= 11 is 0. The zero-order chi connectivity index (χ0) is 18.0. The van der Waals surface area contributed by atoms with Crippen LogP contribution in [0, 0.1) is 26.7 Å². The second-order valence-electron chi connectivity index (χ2n) is 6.84. The van der Waals surface area contributed by atoms with Crippen molar-refractivity contribution in [3.63, 3.8) is 0 Å². The predicted molar refractivity (Wildman–Crippen MR) is 102 cm³/mol. The van der Waals surface area contributed by atoms with Crippen LogP contribution in [0.4, 0.5) is 0 Å². The molecule has 0 aromatic carbocycles. The first-order valence-electron chi connectivity index (χ1n) is 8.36. The van der Waals surface area contributed by atoms with Crippen molar-refractivity contribution in [3.05, 3.63) is 34.8 Å². The highest BCUT2D eigenvalue weighted by Crippen LogP contribution is 2.22. The summed E-state index contributed by atoms with van der Waals surface area (Å²) < 4.78 is 7.10. The number of hydrogen-bond donors (Lipinski definition) is 1. The number of halogens is 1. The van der Waals surface area contributed by atoms with E-state index >= 15 is 0 Å². The molecule has 1 amide bonds. The second-order valence-corrected chi connectivity index (χ2v) is 6.84. The van der Waals surface area contributed by atoms with Gasteiger partial charge in [-0.1, -0.05) is 19.0 Å². The minimum Gasteiger partial charge on any atom is -0.360 e. The van der Waals surface area contributed by atoms with Gasteiger partial charge < -0.3 is 15.2 Å². The van der Waals surface area contributed by atoms with Crippen molar-refractivity contribution in [1.82, 2.24) is 14.6 Å². The van der Waals surface area contributed by atoms with Gasteiger partial charge in [0.2, 0.25) is 0 Å². The summed E-state index contributed by atoms with van der Waals surface area (Å²) in [4.78, 5) is 14.5. The molecule has 0 spiro atoms. The van der Waals surface area contributed by atoms with Crippen molar-refractivity contribution in [1.29, 1.82) is 0 Å². The fourth-order valence-corrected chi connectivity index (χ4v) is 2.77. The highest BCUT2D eigenvalue weighted by atomic mass is 35.5. The fourth-order valence-electron chi connectivity index (χ4n) is 2.77. The van der Waals surface area contributed by atoms with Crippen LogP contribution in [0.25, 0.3) is 5.82 Å². The Balaban J connectivity index is 0.00000312. The molecule has 0 saturated heterocycles. The molecule has 0 aliphatic carbocycles. The van der Waals surface area contributed by atoms with Crippen molar-refractivity contribution in [3.8, 4) is 5.82 Å². The van der Waals surface area contributed by atoms with Crippen LogP contribution in [0.1, 0.15) is 47.8 Å². The fraction of sp³-hybridized carbons (Fsp3) is 0.556. The lowest BCUT2D eigenvalue weighted by atomic mass is 10.0. The Morgan fingerprint density at radius 3 is 2.48 bits per heavy atom. The molecule has 2 rings (SSSR count). The van der Waals surface area contributed by atoms with Gasteiger partial charge in [-0.15, -0.1) is 12.4 Å². The summed E-state index contributed by atoms with van der Waals surface area (Å²) in [5.74, 6) is 1.86. The van der Waals surface area contributed by atoms with Gasteiger partial charge >= 0.3 is 0 Å².